The Hall–Kier alpha value is -1.85. The standard InChI is InChI=1S/C10H12F2N4O/c1-16(2)10-6(8(5-17)14-15-13)3-4-7(11)9(10)12/h3-4,8,17H,5H2,1-2H3. The lowest BCUT2D eigenvalue weighted by molar-refractivity contribution is 0.267. The van der Waals surface area contributed by atoms with Crippen molar-refractivity contribution in [2.24, 2.45) is 5.11 Å². The summed E-state index contributed by atoms with van der Waals surface area (Å²) in [5.74, 6) is -2.02. The fraction of sp³-hybridized carbons (Fsp3) is 0.400. The van der Waals surface area contributed by atoms with Gasteiger partial charge in [-0.1, -0.05) is 11.2 Å². The molecule has 1 aromatic rings. The van der Waals surface area contributed by atoms with Gasteiger partial charge in [0.15, 0.2) is 11.6 Å². The van der Waals surface area contributed by atoms with Gasteiger partial charge in [0.1, 0.15) is 0 Å². The Morgan fingerprint density at radius 2 is 2.12 bits per heavy atom. The van der Waals surface area contributed by atoms with Crippen LogP contribution in [0.3, 0.4) is 0 Å². The second-order valence-electron chi connectivity index (χ2n) is 3.60. The lowest BCUT2D eigenvalue weighted by Crippen LogP contribution is -2.16. The van der Waals surface area contributed by atoms with Crippen LogP contribution in [0.15, 0.2) is 17.2 Å². The zero-order valence-electron chi connectivity index (χ0n) is 9.43. The minimum atomic E-state index is -1.03. The third-order valence-corrected chi connectivity index (χ3v) is 2.27. The number of anilines is 1. The summed E-state index contributed by atoms with van der Waals surface area (Å²) in [5, 5.41) is 12.4. The Balaban J connectivity index is 3.41. The Morgan fingerprint density at radius 1 is 1.47 bits per heavy atom. The van der Waals surface area contributed by atoms with Gasteiger partial charge in [0.25, 0.3) is 0 Å². The van der Waals surface area contributed by atoms with Crippen LogP contribution in [-0.4, -0.2) is 25.8 Å². The van der Waals surface area contributed by atoms with E-state index in [2.05, 4.69) is 10.0 Å². The molecule has 0 aliphatic carbocycles. The number of hydrogen-bond donors (Lipinski definition) is 1. The van der Waals surface area contributed by atoms with Crippen molar-refractivity contribution < 1.29 is 13.9 Å². The van der Waals surface area contributed by atoms with Gasteiger partial charge in [0.2, 0.25) is 0 Å². The summed E-state index contributed by atoms with van der Waals surface area (Å²) in [6.07, 6.45) is 0. The first-order valence-electron chi connectivity index (χ1n) is 4.83. The maximum Gasteiger partial charge on any atom is 0.182 e. The molecule has 1 rings (SSSR count). The summed E-state index contributed by atoms with van der Waals surface area (Å²) >= 11 is 0. The molecule has 0 spiro atoms. The molecule has 7 heteroatoms. The predicted octanol–water partition coefficient (Wildman–Crippen LogP) is 2.37. The molecule has 92 valence electrons. The minimum absolute atomic E-state index is 0.0311. The highest BCUT2D eigenvalue weighted by Crippen LogP contribution is 2.31. The number of nitrogens with zero attached hydrogens (tertiary/aromatic N) is 4. The molecule has 1 unspecified atom stereocenters. The SMILES string of the molecule is CN(C)c1c(C(CO)N=[N+]=[N-])ccc(F)c1F. The van der Waals surface area contributed by atoms with Crippen molar-refractivity contribution in [1.82, 2.24) is 0 Å². The van der Waals surface area contributed by atoms with E-state index in [4.69, 9.17) is 10.6 Å². The van der Waals surface area contributed by atoms with Gasteiger partial charge in [0.05, 0.1) is 18.3 Å². The van der Waals surface area contributed by atoms with Crippen molar-refractivity contribution in [3.05, 3.63) is 39.8 Å². The molecular formula is C10H12F2N4O. The molecular weight excluding hydrogens is 230 g/mol. The third kappa shape index (κ3) is 2.64. The maximum absolute atomic E-state index is 13.6. The van der Waals surface area contributed by atoms with Crippen LogP contribution in [-0.2, 0) is 0 Å². The second kappa shape index (κ2) is 5.47. The molecule has 1 atom stereocenters. The van der Waals surface area contributed by atoms with Crippen LogP contribution in [0.1, 0.15) is 11.6 Å². The van der Waals surface area contributed by atoms with E-state index in [0.29, 0.717) is 0 Å². The molecule has 0 heterocycles. The first-order chi connectivity index (χ1) is 8.02. The molecule has 5 nitrogen and oxygen atoms in total. The molecule has 0 bridgehead atoms. The third-order valence-electron chi connectivity index (χ3n) is 2.27. The Bertz CT molecular complexity index is 458. The number of halogens is 2. The Kier molecular flexibility index (Phi) is 4.25. The van der Waals surface area contributed by atoms with Gasteiger partial charge in [-0.15, -0.1) is 0 Å². The smallest absolute Gasteiger partial charge is 0.182 e. The van der Waals surface area contributed by atoms with Gasteiger partial charge in [-0.25, -0.2) is 8.78 Å². The molecule has 0 radical (unpaired) electrons. The van der Waals surface area contributed by atoms with Crippen molar-refractivity contribution >= 4 is 5.69 Å². The van der Waals surface area contributed by atoms with E-state index in [1.54, 1.807) is 0 Å². The number of hydrogen-bond acceptors (Lipinski definition) is 3. The van der Waals surface area contributed by atoms with E-state index in [1.807, 2.05) is 0 Å². The zero-order chi connectivity index (χ0) is 13.0. The Labute approximate surface area is 96.9 Å². The number of rotatable bonds is 4. The van der Waals surface area contributed by atoms with E-state index in [9.17, 15) is 8.78 Å². The van der Waals surface area contributed by atoms with Gasteiger partial charge in [-0.05, 0) is 17.2 Å². The predicted molar refractivity (Wildman–Crippen MR) is 59.7 cm³/mol. The number of aliphatic hydroxyl groups is 1. The summed E-state index contributed by atoms with van der Waals surface area (Å²) in [5.41, 5.74) is 8.56. The quantitative estimate of drug-likeness (QED) is 0.500. The van der Waals surface area contributed by atoms with E-state index >= 15 is 0 Å². The average Bonchev–Trinajstić information content (AvgIpc) is 2.29. The topological polar surface area (TPSA) is 72.2 Å². The fourth-order valence-corrected chi connectivity index (χ4v) is 1.54. The number of aliphatic hydroxyl groups excluding tert-OH is 1. The first-order valence-corrected chi connectivity index (χ1v) is 4.83. The molecule has 0 saturated heterocycles. The lowest BCUT2D eigenvalue weighted by atomic mass is 10.0. The summed E-state index contributed by atoms with van der Waals surface area (Å²) in [6, 6.07) is 1.30. The van der Waals surface area contributed by atoms with Crippen molar-refractivity contribution in [1.29, 1.82) is 0 Å². The average molecular weight is 242 g/mol. The normalized spacial score (nSPS) is 11.8. The molecule has 0 aromatic heterocycles. The van der Waals surface area contributed by atoms with Crippen molar-refractivity contribution in [3.8, 4) is 0 Å². The minimum Gasteiger partial charge on any atom is -0.396 e. The van der Waals surface area contributed by atoms with Gasteiger partial charge in [-0.3, -0.25) is 0 Å². The van der Waals surface area contributed by atoms with Crippen molar-refractivity contribution in [2.75, 3.05) is 25.6 Å². The molecule has 0 amide bonds. The molecule has 0 aliphatic rings. The summed E-state index contributed by atoms with van der Waals surface area (Å²) in [6.45, 7) is -0.476. The monoisotopic (exact) mass is 242 g/mol. The van der Waals surface area contributed by atoms with Crippen LogP contribution in [0.2, 0.25) is 0 Å². The van der Waals surface area contributed by atoms with Crippen LogP contribution in [0, 0.1) is 11.6 Å². The summed E-state index contributed by atoms with van der Waals surface area (Å²) in [4.78, 5) is 3.93. The first kappa shape index (κ1) is 13.2. The molecule has 0 fully saturated rings. The second-order valence-corrected chi connectivity index (χ2v) is 3.60. The van der Waals surface area contributed by atoms with Crippen LogP contribution in [0.25, 0.3) is 10.4 Å². The lowest BCUT2D eigenvalue weighted by Gasteiger charge is -2.21. The summed E-state index contributed by atoms with van der Waals surface area (Å²) < 4.78 is 26.7. The molecule has 0 saturated carbocycles. The van der Waals surface area contributed by atoms with E-state index in [1.165, 1.54) is 25.1 Å². The largest absolute Gasteiger partial charge is 0.396 e. The number of azide groups is 1. The van der Waals surface area contributed by atoms with Gasteiger partial charge in [-0.2, -0.15) is 0 Å². The summed E-state index contributed by atoms with van der Waals surface area (Å²) in [7, 11) is 3.07. The van der Waals surface area contributed by atoms with E-state index < -0.39 is 24.3 Å². The van der Waals surface area contributed by atoms with E-state index in [0.717, 1.165) is 6.07 Å². The highest BCUT2D eigenvalue weighted by Gasteiger charge is 2.20. The van der Waals surface area contributed by atoms with Gasteiger partial charge >= 0.3 is 0 Å². The van der Waals surface area contributed by atoms with Crippen molar-refractivity contribution in [2.45, 2.75) is 6.04 Å². The van der Waals surface area contributed by atoms with Gasteiger partial charge in [0, 0.05) is 19.0 Å². The van der Waals surface area contributed by atoms with Gasteiger partial charge < -0.3 is 10.0 Å². The van der Waals surface area contributed by atoms with Crippen LogP contribution < -0.4 is 4.90 Å². The molecule has 1 aromatic carbocycles. The van der Waals surface area contributed by atoms with Crippen LogP contribution in [0.4, 0.5) is 14.5 Å². The van der Waals surface area contributed by atoms with Crippen LogP contribution in [0.5, 0.6) is 0 Å². The fourth-order valence-electron chi connectivity index (χ4n) is 1.54. The number of benzene rings is 1. The highest BCUT2D eigenvalue weighted by atomic mass is 19.2. The Morgan fingerprint density at radius 3 is 2.59 bits per heavy atom. The molecule has 17 heavy (non-hydrogen) atoms. The molecule has 0 aliphatic heterocycles. The molecule has 1 N–H and O–H groups in total. The highest BCUT2D eigenvalue weighted by molar-refractivity contribution is 5.55. The maximum atomic E-state index is 13.6. The van der Waals surface area contributed by atoms with Crippen molar-refractivity contribution in [3.63, 3.8) is 0 Å². The van der Waals surface area contributed by atoms with Crippen LogP contribution >= 0.6 is 0 Å². The van der Waals surface area contributed by atoms with E-state index in [-0.39, 0.29) is 11.3 Å². The zero-order valence-corrected chi connectivity index (χ0v) is 9.43.